The fourth-order valence-electron chi connectivity index (χ4n) is 3.50. The fourth-order valence-corrected chi connectivity index (χ4v) is 3.50. The highest BCUT2D eigenvalue weighted by Crippen LogP contribution is 2.33. The first-order valence-corrected chi connectivity index (χ1v) is 8.27. The van der Waals surface area contributed by atoms with Crippen LogP contribution in [-0.2, 0) is 11.2 Å². The molecule has 2 heteroatoms. The van der Waals surface area contributed by atoms with E-state index in [9.17, 15) is 4.79 Å². The second-order valence-corrected chi connectivity index (χ2v) is 6.25. The summed E-state index contributed by atoms with van der Waals surface area (Å²) in [7, 11) is 0. The first-order valence-electron chi connectivity index (χ1n) is 8.27. The van der Waals surface area contributed by atoms with Gasteiger partial charge in [0, 0.05) is 12.6 Å². The minimum atomic E-state index is 0.0892. The Kier molecular flexibility index (Phi) is 3.66. The van der Waals surface area contributed by atoms with Gasteiger partial charge in [-0.05, 0) is 40.5 Å². The Labute approximate surface area is 142 Å². The highest BCUT2D eigenvalue weighted by molar-refractivity contribution is 5.95. The third-order valence-corrected chi connectivity index (χ3v) is 4.64. The normalized spacial score (nSPS) is 16.7. The lowest BCUT2D eigenvalue weighted by Gasteiger charge is -2.21. The number of fused-ring (bicyclic) bond motifs is 2. The van der Waals surface area contributed by atoms with E-state index in [1.165, 1.54) is 16.3 Å². The number of para-hydroxylation sites is 1. The number of amides is 1. The maximum absolute atomic E-state index is 12.1. The highest BCUT2D eigenvalue weighted by atomic mass is 16.2. The molecule has 24 heavy (non-hydrogen) atoms. The van der Waals surface area contributed by atoms with Crippen molar-refractivity contribution in [1.82, 2.24) is 0 Å². The van der Waals surface area contributed by atoms with Crippen LogP contribution < -0.4 is 4.90 Å². The van der Waals surface area contributed by atoms with Gasteiger partial charge in [-0.15, -0.1) is 0 Å². The largest absolute Gasteiger partial charge is 0.305 e. The molecule has 0 N–H and O–H groups in total. The van der Waals surface area contributed by atoms with Gasteiger partial charge in [0.1, 0.15) is 0 Å². The Hall–Kier alpha value is -2.87. The van der Waals surface area contributed by atoms with Crippen LogP contribution in [0.1, 0.15) is 18.1 Å². The molecule has 0 aliphatic carbocycles. The summed E-state index contributed by atoms with van der Waals surface area (Å²) in [5.41, 5.74) is 3.44. The van der Waals surface area contributed by atoms with Crippen LogP contribution in [0.25, 0.3) is 16.8 Å². The van der Waals surface area contributed by atoms with E-state index < -0.39 is 0 Å². The van der Waals surface area contributed by atoms with Gasteiger partial charge in [0.25, 0.3) is 0 Å². The van der Waals surface area contributed by atoms with Gasteiger partial charge < -0.3 is 4.90 Å². The average Bonchev–Trinajstić information content (AvgIpc) is 2.98. The predicted octanol–water partition coefficient (Wildman–Crippen LogP) is 4.83. The minimum absolute atomic E-state index is 0.0892. The van der Waals surface area contributed by atoms with Crippen molar-refractivity contribution in [3.8, 4) is 0 Å². The number of benzene rings is 3. The molecule has 1 heterocycles. The van der Waals surface area contributed by atoms with Crippen molar-refractivity contribution in [2.45, 2.75) is 19.4 Å². The molecule has 0 saturated carbocycles. The summed E-state index contributed by atoms with van der Waals surface area (Å²) in [6.45, 7) is 1.64. The van der Waals surface area contributed by atoms with Crippen LogP contribution in [0.4, 0.5) is 5.69 Å². The molecule has 0 aromatic heterocycles. The van der Waals surface area contributed by atoms with E-state index in [1.54, 1.807) is 6.92 Å². The third-order valence-electron chi connectivity index (χ3n) is 4.64. The molecule has 1 aliphatic rings. The average molecular weight is 313 g/mol. The number of rotatable bonds is 2. The minimum Gasteiger partial charge on any atom is -0.305 e. The van der Waals surface area contributed by atoms with Gasteiger partial charge in [0.2, 0.25) is 5.91 Å². The molecule has 1 amide bonds. The molecule has 1 aliphatic heterocycles. The van der Waals surface area contributed by atoms with Gasteiger partial charge in [0.15, 0.2) is 0 Å². The van der Waals surface area contributed by atoms with E-state index in [0.29, 0.717) is 0 Å². The molecular weight excluding hydrogens is 294 g/mol. The molecule has 4 rings (SSSR count). The van der Waals surface area contributed by atoms with E-state index in [4.69, 9.17) is 0 Å². The van der Waals surface area contributed by atoms with Crippen molar-refractivity contribution in [3.05, 3.63) is 83.9 Å². The van der Waals surface area contributed by atoms with Crippen molar-refractivity contribution in [1.29, 1.82) is 0 Å². The number of hydrogen-bond donors (Lipinski definition) is 0. The standard InChI is InChI=1S/C22H19NO/c1-16(24)23-21(15-20-8-4-5-9-22(20)23)13-11-17-10-12-18-6-2-3-7-19(18)14-17/h2-14,21H,15H2,1H3/b13-11+/t21-/m1/s1. The Morgan fingerprint density at radius 3 is 2.58 bits per heavy atom. The first kappa shape index (κ1) is 14.7. The van der Waals surface area contributed by atoms with Crippen LogP contribution in [0.2, 0.25) is 0 Å². The smallest absolute Gasteiger partial charge is 0.224 e. The van der Waals surface area contributed by atoms with E-state index in [-0.39, 0.29) is 11.9 Å². The molecule has 0 spiro atoms. The van der Waals surface area contributed by atoms with Crippen LogP contribution in [-0.4, -0.2) is 11.9 Å². The molecule has 118 valence electrons. The van der Waals surface area contributed by atoms with Gasteiger partial charge in [-0.3, -0.25) is 4.79 Å². The topological polar surface area (TPSA) is 20.3 Å². The molecule has 0 unspecified atom stereocenters. The summed E-state index contributed by atoms with van der Waals surface area (Å²) < 4.78 is 0. The van der Waals surface area contributed by atoms with Crippen molar-refractivity contribution in [3.63, 3.8) is 0 Å². The van der Waals surface area contributed by atoms with Gasteiger partial charge in [-0.1, -0.05) is 66.7 Å². The van der Waals surface area contributed by atoms with E-state index in [1.807, 2.05) is 23.1 Å². The van der Waals surface area contributed by atoms with Crippen molar-refractivity contribution in [2.75, 3.05) is 4.90 Å². The summed E-state index contributed by atoms with van der Waals surface area (Å²) in [6.07, 6.45) is 5.14. The van der Waals surface area contributed by atoms with Crippen LogP contribution in [0.15, 0.2) is 72.8 Å². The first-order chi connectivity index (χ1) is 11.7. The lowest BCUT2D eigenvalue weighted by molar-refractivity contribution is -0.116. The zero-order chi connectivity index (χ0) is 16.5. The third kappa shape index (κ3) is 2.61. The molecule has 1 atom stereocenters. The quantitative estimate of drug-likeness (QED) is 0.663. The van der Waals surface area contributed by atoms with Crippen LogP contribution >= 0.6 is 0 Å². The summed E-state index contributed by atoms with van der Waals surface area (Å²) >= 11 is 0. The van der Waals surface area contributed by atoms with E-state index in [2.05, 4.69) is 60.7 Å². The maximum atomic E-state index is 12.1. The zero-order valence-electron chi connectivity index (χ0n) is 13.6. The molecule has 0 saturated heterocycles. The number of hydrogen-bond acceptors (Lipinski definition) is 1. The fraction of sp³-hybridized carbons (Fsp3) is 0.136. The number of anilines is 1. The van der Waals surface area contributed by atoms with E-state index >= 15 is 0 Å². The maximum Gasteiger partial charge on any atom is 0.224 e. The lowest BCUT2D eigenvalue weighted by Crippen LogP contribution is -2.34. The zero-order valence-corrected chi connectivity index (χ0v) is 13.6. The predicted molar refractivity (Wildman–Crippen MR) is 100 cm³/mol. The molecule has 3 aromatic rings. The van der Waals surface area contributed by atoms with Crippen LogP contribution in [0.3, 0.4) is 0 Å². The van der Waals surface area contributed by atoms with Gasteiger partial charge in [0.05, 0.1) is 6.04 Å². The molecule has 0 fully saturated rings. The summed E-state index contributed by atoms with van der Waals surface area (Å²) in [6, 6.07) is 23.1. The monoisotopic (exact) mass is 313 g/mol. The Bertz CT molecular complexity index is 941. The SMILES string of the molecule is CC(=O)N1c2ccccc2C[C@H]1/C=C/c1ccc2ccccc2c1. The second kappa shape index (κ2) is 5.97. The molecular formula is C22H19NO. The Balaban J connectivity index is 1.64. The number of carbonyl (C=O) groups is 1. The van der Waals surface area contributed by atoms with Crippen molar-refractivity contribution in [2.24, 2.45) is 0 Å². The van der Waals surface area contributed by atoms with Gasteiger partial charge >= 0.3 is 0 Å². The van der Waals surface area contributed by atoms with Gasteiger partial charge in [-0.2, -0.15) is 0 Å². The van der Waals surface area contributed by atoms with Crippen LogP contribution in [0.5, 0.6) is 0 Å². The lowest BCUT2D eigenvalue weighted by atomic mass is 10.1. The van der Waals surface area contributed by atoms with E-state index in [0.717, 1.165) is 17.7 Å². The molecule has 2 nitrogen and oxygen atoms in total. The summed E-state index contributed by atoms with van der Waals surface area (Å²) in [5, 5.41) is 2.48. The van der Waals surface area contributed by atoms with Gasteiger partial charge in [-0.25, -0.2) is 0 Å². The second-order valence-electron chi connectivity index (χ2n) is 6.25. The highest BCUT2D eigenvalue weighted by Gasteiger charge is 2.29. The Morgan fingerprint density at radius 1 is 1.00 bits per heavy atom. The number of carbonyl (C=O) groups excluding carboxylic acids is 1. The molecule has 0 bridgehead atoms. The van der Waals surface area contributed by atoms with Crippen LogP contribution in [0, 0.1) is 0 Å². The molecule has 0 radical (unpaired) electrons. The van der Waals surface area contributed by atoms with Crippen molar-refractivity contribution < 1.29 is 4.79 Å². The summed E-state index contributed by atoms with van der Waals surface area (Å²) in [4.78, 5) is 14.0. The molecule has 3 aromatic carbocycles. The Morgan fingerprint density at radius 2 is 1.75 bits per heavy atom. The summed E-state index contributed by atoms with van der Waals surface area (Å²) in [5.74, 6) is 0.0908. The van der Waals surface area contributed by atoms with Crippen molar-refractivity contribution >= 4 is 28.4 Å². The number of nitrogens with zero attached hydrogens (tertiary/aromatic N) is 1.